The molecule has 92 valence electrons. The van der Waals surface area contributed by atoms with Crippen LogP contribution in [0.2, 0.25) is 0 Å². The zero-order valence-corrected chi connectivity index (χ0v) is 10.4. The SMILES string of the molecule is O=C(O)c1ccsc1C1(O)CCc2ccccc21. The predicted octanol–water partition coefficient (Wildman–Crippen LogP) is 2.63. The number of hydrogen-bond donors (Lipinski definition) is 2. The Bertz CT molecular complexity index is 617. The summed E-state index contributed by atoms with van der Waals surface area (Å²) in [5.74, 6) is -0.982. The van der Waals surface area contributed by atoms with Gasteiger partial charge in [-0.25, -0.2) is 4.79 Å². The fraction of sp³-hybridized carbons (Fsp3) is 0.214. The molecule has 1 aliphatic rings. The van der Waals surface area contributed by atoms with Crippen molar-refractivity contribution in [1.29, 1.82) is 0 Å². The van der Waals surface area contributed by atoms with E-state index in [1.807, 2.05) is 24.3 Å². The van der Waals surface area contributed by atoms with E-state index in [2.05, 4.69) is 0 Å². The summed E-state index contributed by atoms with van der Waals surface area (Å²) >= 11 is 1.31. The molecule has 1 unspecified atom stereocenters. The molecule has 0 fully saturated rings. The molecule has 1 aliphatic carbocycles. The smallest absolute Gasteiger partial charge is 0.336 e. The third kappa shape index (κ3) is 1.50. The van der Waals surface area contributed by atoms with Crippen molar-refractivity contribution in [2.45, 2.75) is 18.4 Å². The lowest BCUT2D eigenvalue weighted by atomic mass is 9.92. The second kappa shape index (κ2) is 3.93. The first-order valence-electron chi connectivity index (χ1n) is 5.75. The van der Waals surface area contributed by atoms with E-state index in [9.17, 15) is 15.0 Å². The van der Waals surface area contributed by atoms with Gasteiger partial charge in [0.1, 0.15) is 5.60 Å². The third-order valence-electron chi connectivity index (χ3n) is 3.49. The molecule has 0 spiro atoms. The average Bonchev–Trinajstić information content (AvgIpc) is 2.96. The van der Waals surface area contributed by atoms with E-state index in [1.54, 1.807) is 11.4 Å². The van der Waals surface area contributed by atoms with Gasteiger partial charge in [-0.05, 0) is 35.4 Å². The summed E-state index contributed by atoms with van der Waals surface area (Å²) in [5.41, 5.74) is 1.01. The highest BCUT2D eigenvalue weighted by Crippen LogP contribution is 2.45. The van der Waals surface area contributed by atoms with Crippen molar-refractivity contribution < 1.29 is 15.0 Å². The van der Waals surface area contributed by atoms with Crippen LogP contribution in [0.1, 0.15) is 32.8 Å². The predicted molar refractivity (Wildman–Crippen MR) is 69.0 cm³/mol. The lowest BCUT2D eigenvalue weighted by Gasteiger charge is -2.23. The molecule has 0 saturated carbocycles. The first-order valence-corrected chi connectivity index (χ1v) is 6.63. The lowest BCUT2D eigenvalue weighted by molar-refractivity contribution is 0.0655. The Balaban J connectivity index is 2.18. The minimum atomic E-state index is -1.14. The molecule has 0 saturated heterocycles. The standard InChI is InChI=1S/C14H12O3S/c15-13(16)10-6-8-18-12(10)14(17)7-5-9-3-1-2-4-11(9)14/h1-4,6,8,17H,5,7H2,(H,15,16). The van der Waals surface area contributed by atoms with Gasteiger partial charge in [0.05, 0.1) is 10.4 Å². The molecule has 0 bridgehead atoms. The topological polar surface area (TPSA) is 57.5 Å². The van der Waals surface area contributed by atoms with Crippen LogP contribution in [0.3, 0.4) is 0 Å². The zero-order valence-electron chi connectivity index (χ0n) is 9.59. The zero-order chi connectivity index (χ0) is 12.8. The minimum absolute atomic E-state index is 0.208. The van der Waals surface area contributed by atoms with Crippen molar-refractivity contribution in [3.8, 4) is 0 Å². The van der Waals surface area contributed by atoms with E-state index in [1.165, 1.54) is 11.3 Å². The van der Waals surface area contributed by atoms with Gasteiger partial charge < -0.3 is 10.2 Å². The van der Waals surface area contributed by atoms with Crippen LogP contribution in [0.25, 0.3) is 0 Å². The molecule has 1 atom stereocenters. The average molecular weight is 260 g/mol. The molecule has 1 aromatic carbocycles. The number of aliphatic hydroxyl groups is 1. The van der Waals surface area contributed by atoms with E-state index in [0.29, 0.717) is 11.3 Å². The van der Waals surface area contributed by atoms with E-state index < -0.39 is 11.6 Å². The molecule has 2 N–H and O–H groups in total. The number of aromatic carboxylic acids is 1. The van der Waals surface area contributed by atoms with Crippen molar-refractivity contribution in [3.05, 3.63) is 57.3 Å². The van der Waals surface area contributed by atoms with Crippen molar-refractivity contribution in [2.24, 2.45) is 0 Å². The van der Waals surface area contributed by atoms with Crippen LogP contribution in [0.4, 0.5) is 0 Å². The Kier molecular flexibility index (Phi) is 2.50. The van der Waals surface area contributed by atoms with E-state index >= 15 is 0 Å². The molecule has 1 aromatic heterocycles. The summed E-state index contributed by atoms with van der Waals surface area (Å²) < 4.78 is 0. The van der Waals surface area contributed by atoms with E-state index in [4.69, 9.17) is 0 Å². The van der Waals surface area contributed by atoms with Gasteiger partial charge in [-0.1, -0.05) is 24.3 Å². The summed E-state index contributed by atoms with van der Waals surface area (Å²) in [6, 6.07) is 9.25. The number of hydrogen-bond acceptors (Lipinski definition) is 3. The highest BCUT2D eigenvalue weighted by Gasteiger charge is 2.41. The number of carboxylic acid groups (broad SMARTS) is 1. The Morgan fingerprint density at radius 2 is 2.06 bits per heavy atom. The number of carboxylic acids is 1. The van der Waals surface area contributed by atoms with Crippen LogP contribution in [0.15, 0.2) is 35.7 Å². The third-order valence-corrected chi connectivity index (χ3v) is 4.56. The van der Waals surface area contributed by atoms with Crippen molar-refractivity contribution in [1.82, 2.24) is 0 Å². The first-order chi connectivity index (χ1) is 8.63. The van der Waals surface area contributed by atoms with Gasteiger partial charge in [0.25, 0.3) is 0 Å². The monoisotopic (exact) mass is 260 g/mol. The Labute approximate surface area is 108 Å². The number of thiophene rings is 1. The number of rotatable bonds is 2. The van der Waals surface area contributed by atoms with Crippen LogP contribution in [-0.4, -0.2) is 16.2 Å². The first kappa shape index (κ1) is 11.4. The number of benzene rings is 1. The van der Waals surface area contributed by atoms with Gasteiger partial charge in [-0.3, -0.25) is 0 Å². The molecule has 0 aliphatic heterocycles. The maximum Gasteiger partial charge on any atom is 0.336 e. The summed E-state index contributed by atoms with van der Waals surface area (Å²) in [6.07, 6.45) is 1.33. The van der Waals surface area contributed by atoms with Gasteiger partial charge in [-0.15, -0.1) is 11.3 Å². The summed E-state index contributed by atoms with van der Waals surface area (Å²) in [4.78, 5) is 11.7. The van der Waals surface area contributed by atoms with Crippen LogP contribution >= 0.6 is 11.3 Å². The number of carbonyl (C=O) groups is 1. The maximum absolute atomic E-state index is 11.2. The van der Waals surface area contributed by atoms with Crippen LogP contribution in [0.5, 0.6) is 0 Å². The van der Waals surface area contributed by atoms with Crippen molar-refractivity contribution in [2.75, 3.05) is 0 Å². The minimum Gasteiger partial charge on any atom is -0.478 e. The van der Waals surface area contributed by atoms with E-state index in [0.717, 1.165) is 17.5 Å². The Morgan fingerprint density at radius 1 is 1.28 bits per heavy atom. The molecule has 1 heterocycles. The van der Waals surface area contributed by atoms with Gasteiger partial charge in [0.2, 0.25) is 0 Å². The molecular weight excluding hydrogens is 248 g/mol. The molecule has 0 radical (unpaired) electrons. The second-order valence-electron chi connectivity index (χ2n) is 4.49. The van der Waals surface area contributed by atoms with Crippen molar-refractivity contribution in [3.63, 3.8) is 0 Å². The fourth-order valence-electron chi connectivity index (χ4n) is 2.63. The maximum atomic E-state index is 11.2. The normalized spacial score (nSPS) is 21.8. The van der Waals surface area contributed by atoms with Gasteiger partial charge in [0, 0.05) is 0 Å². The largest absolute Gasteiger partial charge is 0.478 e. The number of fused-ring (bicyclic) bond motifs is 1. The Hall–Kier alpha value is -1.65. The molecule has 18 heavy (non-hydrogen) atoms. The highest BCUT2D eigenvalue weighted by atomic mass is 32.1. The summed E-state index contributed by atoms with van der Waals surface area (Å²) in [7, 11) is 0. The van der Waals surface area contributed by atoms with Crippen LogP contribution in [-0.2, 0) is 12.0 Å². The van der Waals surface area contributed by atoms with E-state index in [-0.39, 0.29) is 5.56 Å². The summed E-state index contributed by atoms with van der Waals surface area (Å²) in [6.45, 7) is 0. The molecular formula is C14H12O3S. The molecule has 4 heteroatoms. The fourth-order valence-corrected chi connectivity index (χ4v) is 3.66. The van der Waals surface area contributed by atoms with Gasteiger partial charge >= 0.3 is 5.97 Å². The Morgan fingerprint density at radius 3 is 2.83 bits per heavy atom. The van der Waals surface area contributed by atoms with Gasteiger partial charge in [0.15, 0.2) is 0 Å². The number of aryl methyl sites for hydroxylation is 1. The lowest BCUT2D eigenvalue weighted by Crippen LogP contribution is -2.24. The second-order valence-corrected chi connectivity index (χ2v) is 5.40. The van der Waals surface area contributed by atoms with Crippen LogP contribution < -0.4 is 0 Å². The quantitative estimate of drug-likeness (QED) is 0.872. The molecule has 2 aromatic rings. The molecule has 3 nitrogen and oxygen atoms in total. The molecule has 0 amide bonds. The summed E-state index contributed by atoms with van der Waals surface area (Å²) in [5, 5.41) is 21.8. The van der Waals surface area contributed by atoms with Gasteiger partial charge in [-0.2, -0.15) is 0 Å². The molecule has 3 rings (SSSR count). The highest BCUT2D eigenvalue weighted by molar-refractivity contribution is 7.10. The van der Waals surface area contributed by atoms with Crippen LogP contribution in [0, 0.1) is 0 Å². The van der Waals surface area contributed by atoms with Crippen molar-refractivity contribution >= 4 is 17.3 Å².